The van der Waals surface area contributed by atoms with Gasteiger partial charge in [-0.15, -0.1) is 0 Å². The summed E-state index contributed by atoms with van der Waals surface area (Å²) in [5, 5.41) is 10.3. The van der Waals surface area contributed by atoms with Gasteiger partial charge in [-0.05, 0) is 53.1 Å². The highest BCUT2D eigenvalue weighted by Crippen LogP contribution is 2.51. The Morgan fingerprint density at radius 2 is 2.00 bits per heavy atom. The number of piperidine rings is 1. The average molecular weight is 310 g/mol. The Morgan fingerprint density at radius 3 is 2.50 bits per heavy atom. The van der Waals surface area contributed by atoms with Gasteiger partial charge in [0.15, 0.2) is 0 Å². The molecular weight excluding hydrogens is 280 g/mol. The van der Waals surface area contributed by atoms with E-state index >= 15 is 0 Å². The second kappa shape index (κ2) is 6.10. The Hall–Kier alpha value is -0.650. The molecule has 0 bridgehead atoms. The zero-order valence-electron chi connectivity index (χ0n) is 14.1. The summed E-state index contributed by atoms with van der Waals surface area (Å²) in [4.78, 5) is 16.9. The van der Waals surface area contributed by atoms with E-state index in [1.165, 1.54) is 0 Å². The fourth-order valence-electron chi connectivity index (χ4n) is 4.61. The summed E-state index contributed by atoms with van der Waals surface area (Å²) < 4.78 is 5.82. The number of aliphatic hydroxyl groups is 1. The molecule has 5 heteroatoms. The molecule has 1 saturated carbocycles. The highest BCUT2D eigenvalue weighted by Gasteiger charge is 2.56. The van der Waals surface area contributed by atoms with Crippen LogP contribution >= 0.6 is 0 Å². The van der Waals surface area contributed by atoms with Crippen LogP contribution in [0.2, 0.25) is 0 Å². The summed E-state index contributed by atoms with van der Waals surface area (Å²) in [6.45, 7) is 9.60. The third-order valence-corrected chi connectivity index (χ3v) is 6.11. The van der Waals surface area contributed by atoms with Crippen molar-refractivity contribution < 1.29 is 14.6 Å². The highest BCUT2D eigenvalue weighted by molar-refractivity contribution is 5.84. The smallest absolute Gasteiger partial charge is 0.240 e. The van der Waals surface area contributed by atoms with E-state index in [1.54, 1.807) is 0 Å². The summed E-state index contributed by atoms with van der Waals surface area (Å²) in [5.74, 6) is 0.293. The molecule has 3 aliphatic rings. The van der Waals surface area contributed by atoms with E-state index in [1.807, 2.05) is 11.8 Å². The molecule has 2 aliphatic heterocycles. The van der Waals surface area contributed by atoms with E-state index in [0.717, 1.165) is 45.3 Å². The lowest BCUT2D eigenvalue weighted by atomic mass is 9.58. The quantitative estimate of drug-likeness (QED) is 0.849. The Morgan fingerprint density at radius 1 is 1.32 bits per heavy atom. The Bertz CT molecular complexity index is 416. The summed E-state index contributed by atoms with van der Waals surface area (Å²) in [6, 6.07) is 0.354. The van der Waals surface area contributed by atoms with E-state index in [4.69, 9.17) is 4.74 Å². The molecule has 22 heavy (non-hydrogen) atoms. The maximum Gasteiger partial charge on any atom is 0.240 e. The monoisotopic (exact) mass is 310 g/mol. The summed E-state index contributed by atoms with van der Waals surface area (Å²) in [6.07, 6.45) is 3.60. The molecule has 1 N–H and O–H groups in total. The highest BCUT2D eigenvalue weighted by atomic mass is 16.5. The Balaban J connectivity index is 1.59. The first-order valence-electron chi connectivity index (χ1n) is 8.84. The molecule has 1 aliphatic carbocycles. The Labute approximate surface area is 133 Å². The van der Waals surface area contributed by atoms with Gasteiger partial charge in [-0.2, -0.15) is 0 Å². The van der Waals surface area contributed by atoms with Crippen LogP contribution in [0.4, 0.5) is 0 Å². The number of amides is 1. The molecular formula is C17H30N2O3. The lowest BCUT2D eigenvalue weighted by Crippen LogP contribution is -2.63. The van der Waals surface area contributed by atoms with Crippen molar-refractivity contribution >= 4 is 5.91 Å². The molecule has 3 unspecified atom stereocenters. The molecule has 2 heterocycles. The van der Waals surface area contributed by atoms with Crippen LogP contribution in [0.5, 0.6) is 0 Å². The van der Waals surface area contributed by atoms with Crippen LogP contribution in [0, 0.1) is 5.41 Å². The van der Waals surface area contributed by atoms with Crippen molar-refractivity contribution in [3.8, 4) is 0 Å². The van der Waals surface area contributed by atoms with E-state index in [-0.39, 0.29) is 23.7 Å². The zero-order valence-corrected chi connectivity index (χ0v) is 14.1. The first-order chi connectivity index (χ1) is 10.5. The zero-order chi connectivity index (χ0) is 15.9. The van der Waals surface area contributed by atoms with Crippen LogP contribution in [0.3, 0.4) is 0 Å². The molecule has 3 fully saturated rings. The Kier molecular flexibility index (Phi) is 4.49. The summed E-state index contributed by atoms with van der Waals surface area (Å²) >= 11 is 0. The van der Waals surface area contributed by atoms with Crippen LogP contribution in [0.15, 0.2) is 0 Å². The fraction of sp³-hybridized carbons (Fsp3) is 0.941. The largest absolute Gasteiger partial charge is 0.392 e. The van der Waals surface area contributed by atoms with E-state index < -0.39 is 0 Å². The lowest BCUT2D eigenvalue weighted by Gasteiger charge is -2.57. The van der Waals surface area contributed by atoms with Crippen LogP contribution in [0.1, 0.15) is 46.5 Å². The van der Waals surface area contributed by atoms with Gasteiger partial charge in [0.1, 0.15) is 0 Å². The molecule has 0 aromatic carbocycles. The number of carbonyl (C=O) groups excluding carboxylic acids is 1. The number of likely N-dealkylation sites (tertiary alicyclic amines) is 2. The first-order valence-corrected chi connectivity index (χ1v) is 8.84. The van der Waals surface area contributed by atoms with Gasteiger partial charge in [0.05, 0.1) is 18.2 Å². The van der Waals surface area contributed by atoms with Gasteiger partial charge in [0.25, 0.3) is 0 Å². The molecule has 2 saturated heterocycles. The molecule has 126 valence electrons. The minimum absolute atomic E-state index is 0.0497. The normalized spacial score (nSPS) is 35.4. The van der Waals surface area contributed by atoms with Crippen molar-refractivity contribution in [2.45, 2.75) is 70.7 Å². The molecule has 5 nitrogen and oxygen atoms in total. The number of nitrogens with zero attached hydrogens (tertiary/aromatic N) is 2. The molecule has 0 aromatic heterocycles. The van der Waals surface area contributed by atoms with Crippen LogP contribution < -0.4 is 0 Å². The number of ether oxygens (including phenoxy) is 1. The van der Waals surface area contributed by atoms with Crippen LogP contribution in [0.25, 0.3) is 0 Å². The van der Waals surface area contributed by atoms with Crippen molar-refractivity contribution in [1.29, 1.82) is 0 Å². The molecule has 3 atom stereocenters. The minimum atomic E-state index is -0.224. The number of hydrogen-bond donors (Lipinski definition) is 1. The van der Waals surface area contributed by atoms with Crippen molar-refractivity contribution in [2.24, 2.45) is 5.41 Å². The van der Waals surface area contributed by atoms with Crippen molar-refractivity contribution in [1.82, 2.24) is 9.80 Å². The van der Waals surface area contributed by atoms with Gasteiger partial charge in [0.2, 0.25) is 5.91 Å². The number of rotatable bonds is 4. The summed E-state index contributed by atoms with van der Waals surface area (Å²) in [7, 11) is 0. The lowest BCUT2D eigenvalue weighted by molar-refractivity contribution is -0.211. The predicted molar refractivity (Wildman–Crippen MR) is 84.5 cm³/mol. The third kappa shape index (κ3) is 2.47. The number of aliphatic hydroxyl groups excluding tert-OH is 1. The van der Waals surface area contributed by atoms with Gasteiger partial charge >= 0.3 is 0 Å². The van der Waals surface area contributed by atoms with Crippen LogP contribution in [-0.2, 0) is 9.53 Å². The molecule has 1 spiro atoms. The minimum Gasteiger partial charge on any atom is -0.392 e. The topological polar surface area (TPSA) is 53.0 Å². The van der Waals surface area contributed by atoms with E-state index in [2.05, 4.69) is 18.7 Å². The number of hydrogen-bond acceptors (Lipinski definition) is 4. The van der Waals surface area contributed by atoms with Crippen molar-refractivity contribution in [3.63, 3.8) is 0 Å². The number of carbonyl (C=O) groups is 1. The molecule has 3 rings (SSSR count). The predicted octanol–water partition coefficient (Wildman–Crippen LogP) is 1.25. The molecule has 1 amide bonds. The van der Waals surface area contributed by atoms with Gasteiger partial charge in [0, 0.05) is 31.0 Å². The maximum absolute atomic E-state index is 12.5. The average Bonchev–Trinajstić information content (AvgIpc) is 2.89. The molecule has 0 radical (unpaired) electrons. The van der Waals surface area contributed by atoms with Gasteiger partial charge in [-0.25, -0.2) is 0 Å². The standard InChI is InChI=1S/C17H30N2O3/c1-4-22-15-11-14(20)17(15)6-9-18(10-7-17)13-5-8-19(12(2)3)16(13)21/h12-15,20H,4-11H2,1-3H3. The van der Waals surface area contributed by atoms with E-state index in [9.17, 15) is 9.90 Å². The van der Waals surface area contributed by atoms with Crippen LogP contribution in [-0.4, -0.2) is 71.3 Å². The summed E-state index contributed by atoms with van der Waals surface area (Å²) in [5.41, 5.74) is -0.0497. The van der Waals surface area contributed by atoms with Crippen molar-refractivity contribution in [3.05, 3.63) is 0 Å². The van der Waals surface area contributed by atoms with E-state index in [0.29, 0.717) is 18.6 Å². The van der Waals surface area contributed by atoms with Gasteiger partial charge < -0.3 is 14.7 Å². The first kappa shape index (κ1) is 16.2. The second-order valence-electron chi connectivity index (χ2n) is 7.39. The molecule has 0 aromatic rings. The maximum atomic E-state index is 12.5. The fourth-order valence-corrected chi connectivity index (χ4v) is 4.61. The second-order valence-corrected chi connectivity index (χ2v) is 7.39. The van der Waals surface area contributed by atoms with Gasteiger partial charge in [-0.1, -0.05) is 0 Å². The van der Waals surface area contributed by atoms with Crippen molar-refractivity contribution in [2.75, 3.05) is 26.2 Å². The SMILES string of the molecule is CCOC1CC(O)C12CCN(C1CCN(C(C)C)C1=O)CC2. The third-order valence-electron chi connectivity index (χ3n) is 6.11. The van der Waals surface area contributed by atoms with Gasteiger partial charge in [-0.3, -0.25) is 9.69 Å².